The van der Waals surface area contributed by atoms with Crippen molar-refractivity contribution in [2.45, 2.75) is 39.0 Å². The summed E-state index contributed by atoms with van der Waals surface area (Å²) in [5.41, 5.74) is 2.01. The first-order chi connectivity index (χ1) is 8.66. The van der Waals surface area contributed by atoms with E-state index in [0.29, 0.717) is 16.8 Å². The first-order valence-electron chi connectivity index (χ1n) is 6.11. The molecule has 6 heteroatoms. The fraction of sp³-hybridized carbons (Fsp3) is 0.462. The molecule has 0 aliphatic carbocycles. The van der Waals surface area contributed by atoms with E-state index in [1.165, 1.54) is 12.1 Å². The van der Waals surface area contributed by atoms with Gasteiger partial charge in [-0.1, -0.05) is 13.8 Å². The first-order valence-corrected chi connectivity index (χ1v) is 7.66. The number of amides is 1. The van der Waals surface area contributed by atoms with E-state index in [-0.39, 0.29) is 16.7 Å². The molecule has 1 amide bonds. The normalized spacial score (nSPS) is 13.1. The van der Waals surface area contributed by atoms with Crippen LogP contribution in [0.25, 0.3) is 0 Å². The van der Waals surface area contributed by atoms with E-state index < -0.39 is 10.0 Å². The van der Waals surface area contributed by atoms with Gasteiger partial charge < -0.3 is 5.32 Å². The van der Waals surface area contributed by atoms with Gasteiger partial charge in [-0.25, -0.2) is 13.6 Å². The Kier molecular flexibility index (Phi) is 4.70. The lowest BCUT2D eigenvalue weighted by molar-refractivity contribution is -0.119. The Bertz CT molecular complexity index is 571. The van der Waals surface area contributed by atoms with Gasteiger partial charge in [0.25, 0.3) is 0 Å². The van der Waals surface area contributed by atoms with E-state index >= 15 is 0 Å². The number of anilines is 1. The van der Waals surface area contributed by atoms with Gasteiger partial charge in [-0.3, -0.25) is 4.79 Å². The highest BCUT2D eigenvalue weighted by atomic mass is 32.2. The summed E-state index contributed by atoms with van der Waals surface area (Å²) in [6, 6.07) is 2.93. The Morgan fingerprint density at radius 2 is 1.79 bits per heavy atom. The van der Waals surface area contributed by atoms with E-state index in [1.54, 1.807) is 13.8 Å². The number of carbonyl (C=O) groups is 1. The van der Waals surface area contributed by atoms with Crippen molar-refractivity contribution in [1.82, 2.24) is 0 Å². The molecule has 5 nitrogen and oxygen atoms in total. The van der Waals surface area contributed by atoms with Crippen LogP contribution in [0.1, 0.15) is 31.4 Å². The fourth-order valence-corrected chi connectivity index (χ4v) is 2.40. The van der Waals surface area contributed by atoms with Crippen LogP contribution in [0.3, 0.4) is 0 Å². The van der Waals surface area contributed by atoms with Gasteiger partial charge in [0.1, 0.15) is 0 Å². The number of aryl methyl sites for hydroxylation is 2. The molecule has 0 bridgehead atoms. The molecular formula is C13H20N2O3S. The minimum absolute atomic E-state index is 0.0593. The molecule has 19 heavy (non-hydrogen) atoms. The first kappa shape index (κ1) is 15.7. The fourth-order valence-electron chi connectivity index (χ4n) is 1.72. The molecular weight excluding hydrogens is 264 g/mol. The Morgan fingerprint density at radius 1 is 1.32 bits per heavy atom. The predicted molar refractivity (Wildman–Crippen MR) is 75.4 cm³/mol. The Balaban J connectivity index is 3.15. The number of nitrogens with two attached hydrogens (primary N) is 1. The van der Waals surface area contributed by atoms with Crippen molar-refractivity contribution in [3.05, 3.63) is 23.3 Å². The molecule has 0 aromatic heterocycles. The lowest BCUT2D eigenvalue weighted by Gasteiger charge is -2.15. The summed E-state index contributed by atoms with van der Waals surface area (Å²) in [4.78, 5) is 11.9. The molecule has 106 valence electrons. The second-order valence-corrected chi connectivity index (χ2v) is 6.34. The molecule has 0 spiro atoms. The third-order valence-corrected chi connectivity index (χ3v) is 4.04. The SMILES string of the molecule is CCC(C)C(=O)Nc1c(C)cc(S(N)(=O)=O)cc1C. The van der Waals surface area contributed by atoms with E-state index in [0.717, 1.165) is 6.42 Å². The molecule has 0 radical (unpaired) electrons. The van der Waals surface area contributed by atoms with E-state index in [2.05, 4.69) is 5.32 Å². The number of benzene rings is 1. The van der Waals surface area contributed by atoms with Crippen molar-refractivity contribution in [1.29, 1.82) is 0 Å². The Morgan fingerprint density at radius 3 is 2.16 bits per heavy atom. The molecule has 1 rings (SSSR count). The summed E-state index contributed by atoms with van der Waals surface area (Å²) in [6.07, 6.45) is 0.749. The molecule has 0 fully saturated rings. The van der Waals surface area contributed by atoms with Gasteiger partial charge in [0, 0.05) is 11.6 Å². The van der Waals surface area contributed by atoms with Gasteiger partial charge in [-0.2, -0.15) is 0 Å². The Labute approximate surface area is 114 Å². The predicted octanol–water partition coefficient (Wildman–Crippen LogP) is 1.94. The van der Waals surface area contributed by atoms with Gasteiger partial charge in [0.15, 0.2) is 0 Å². The van der Waals surface area contributed by atoms with Crippen molar-refractivity contribution in [3.8, 4) is 0 Å². The minimum Gasteiger partial charge on any atom is -0.325 e. The zero-order chi connectivity index (χ0) is 14.8. The molecule has 0 saturated carbocycles. The molecule has 1 atom stereocenters. The highest BCUT2D eigenvalue weighted by molar-refractivity contribution is 7.89. The van der Waals surface area contributed by atoms with Crippen LogP contribution in [0.5, 0.6) is 0 Å². The number of carbonyl (C=O) groups excluding carboxylic acids is 1. The molecule has 3 N–H and O–H groups in total. The van der Waals surface area contributed by atoms with Crippen molar-refractivity contribution in [2.75, 3.05) is 5.32 Å². The number of hydrogen-bond donors (Lipinski definition) is 2. The van der Waals surface area contributed by atoms with Gasteiger partial charge >= 0.3 is 0 Å². The number of sulfonamides is 1. The zero-order valence-corrected chi connectivity index (χ0v) is 12.5. The molecule has 1 aromatic carbocycles. The maximum Gasteiger partial charge on any atom is 0.238 e. The largest absolute Gasteiger partial charge is 0.325 e. The van der Waals surface area contributed by atoms with E-state index in [9.17, 15) is 13.2 Å². The average Bonchev–Trinajstić information content (AvgIpc) is 2.30. The van der Waals surface area contributed by atoms with Crippen LogP contribution in [-0.4, -0.2) is 14.3 Å². The molecule has 1 unspecified atom stereocenters. The summed E-state index contributed by atoms with van der Waals surface area (Å²) in [5, 5.41) is 7.93. The van der Waals surface area contributed by atoms with Gasteiger partial charge in [0.2, 0.25) is 15.9 Å². The lowest BCUT2D eigenvalue weighted by Crippen LogP contribution is -2.21. The highest BCUT2D eigenvalue weighted by Crippen LogP contribution is 2.24. The maximum absolute atomic E-state index is 11.9. The van der Waals surface area contributed by atoms with Gasteiger partial charge in [-0.05, 0) is 43.5 Å². The van der Waals surface area contributed by atoms with Crippen LogP contribution in [0.4, 0.5) is 5.69 Å². The second kappa shape index (κ2) is 5.71. The summed E-state index contributed by atoms with van der Waals surface area (Å²) < 4.78 is 22.6. The standard InChI is InChI=1S/C13H20N2O3S/c1-5-8(2)13(16)15-12-9(3)6-11(7-10(12)4)19(14,17)18/h6-8H,5H2,1-4H3,(H,15,16)(H2,14,17,18). The molecule has 0 heterocycles. The smallest absolute Gasteiger partial charge is 0.238 e. The van der Waals surface area contributed by atoms with E-state index in [1.807, 2.05) is 13.8 Å². The second-order valence-electron chi connectivity index (χ2n) is 4.78. The molecule has 0 aliphatic heterocycles. The van der Waals surface area contributed by atoms with Crippen molar-refractivity contribution in [2.24, 2.45) is 11.1 Å². The third kappa shape index (κ3) is 3.78. The van der Waals surface area contributed by atoms with Crippen LogP contribution < -0.4 is 10.5 Å². The van der Waals surface area contributed by atoms with Gasteiger partial charge in [-0.15, -0.1) is 0 Å². The summed E-state index contributed by atoms with van der Waals surface area (Å²) in [6.45, 7) is 7.27. The topological polar surface area (TPSA) is 89.3 Å². The zero-order valence-electron chi connectivity index (χ0n) is 11.6. The number of nitrogens with one attached hydrogen (secondary N) is 1. The van der Waals surface area contributed by atoms with Crippen LogP contribution in [0.2, 0.25) is 0 Å². The Hall–Kier alpha value is -1.40. The van der Waals surface area contributed by atoms with Crippen LogP contribution in [0, 0.1) is 19.8 Å². The quantitative estimate of drug-likeness (QED) is 0.885. The third-order valence-electron chi connectivity index (χ3n) is 3.14. The van der Waals surface area contributed by atoms with Crippen molar-refractivity contribution >= 4 is 21.6 Å². The van der Waals surface area contributed by atoms with E-state index in [4.69, 9.17) is 5.14 Å². The van der Waals surface area contributed by atoms with Gasteiger partial charge in [0.05, 0.1) is 4.90 Å². The number of primary sulfonamides is 1. The maximum atomic E-state index is 11.9. The van der Waals surface area contributed by atoms with Crippen molar-refractivity contribution in [3.63, 3.8) is 0 Å². The number of rotatable bonds is 4. The lowest BCUT2D eigenvalue weighted by atomic mass is 10.1. The van der Waals surface area contributed by atoms with Crippen molar-refractivity contribution < 1.29 is 13.2 Å². The number of hydrogen-bond acceptors (Lipinski definition) is 3. The average molecular weight is 284 g/mol. The van der Waals surface area contributed by atoms with Crippen LogP contribution in [0.15, 0.2) is 17.0 Å². The minimum atomic E-state index is -3.73. The monoisotopic (exact) mass is 284 g/mol. The summed E-state index contributed by atoms with van der Waals surface area (Å²) in [7, 11) is -3.73. The molecule has 0 saturated heterocycles. The summed E-state index contributed by atoms with van der Waals surface area (Å²) in [5.74, 6) is -0.159. The van der Waals surface area contributed by atoms with Crippen LogP contribution in [-0.2, 0) is 14.8 Å². The van der Waals surface area contributed by atoms with Crippen LogP contribution >= 0.6 is 0 Å². The highest BCUT2D eigenvalue weighted by Gasteiger charge is 2.16. The molecule has 1 aromatic rings. The summed E-state index contributed by atoms with van der Waals surface area (Å²) >= 11 is 0. The molecule has 0 aliphatic rings.